The Morgan fingerprint density at radius 2 is 1.74 bits per heavy atom. The normalized spacial score (nSPS) is 35.5. The van der Waals surface area contributed by atoms with Gasteiger partial charge in [0.2, 0.25) is 0 Å². The van der Waals surface area contributed by atoms with Crippen molar-refractivity contribution in [3.8, 4) is 0 Å². The number of aliphatic carboxylic acids is 1. The number of hydrogen-bond acceptors (Lipinski definition) is 3. The number of nitrogens with zero attached hydrogens (tertiary/aromatic N) is 2. The molecule has 108 valence electrons. The lowest BCUT2D eigenvalue weighted by molar-refractivity contribution is -0.141. The van der Waals surface area contributed by atoms with Crippen molar-refractivity contribution in [1.29, 1.82) is 0 Å². The molecule has 2 aliphatic rings. The summed E-state index contributed by atoms with van der Waals surface area (Å²) in [5.74, 6) is -1.04. The van der Waals surface area contributed by atoms with E-state index in [-0.39, 0.29) is 31.1 Å². The van der Waals surface area contributed by atoms with Crippen LogP contribution in [0.15, 0.2) is 0 Å². The summed E-state index contributed by atoms with van der Waals surface area (Å²) < 4.78 is 0. The molecule has 6 heteroatoms. The van der Waals surface area contributed by atoms with Crippen LogP contribution in [0.3, 0.4) is 0 Å². The van der Waals surface area contributed by atoms with E-state index >= 15 is 0 Å². The van der Waals surface area contributed by atoms with Gasteiger partial charge < -0.3 is 20.0 Å². The first-order valence-electron chi connectivity index (χ1n) is 6.91. The molecule has 19 heavy (non-hydrogen) atoms. The van der Waals surface area contributed by atoms with Crippen LogP contribution in [0.25, 0.3) is 0 Å². The van der Waals surface area contributed by atoms with E-state index in [9.17, 15) is 14.7 Å². The van der Waals surface area contributed by atoms with Crippen molar-refractivity contribution in [2.24, 2.45) is 0 Å². The molecule has 4 atom stereocenters. The van der Waals surface area contributed by atoms with Gasteiger partial charge in [0, 0.05) is 25.0 Å². The quantitative estimate of drug-likeness (QED) is 0.741. The van der Waals surface area contributed by atoms with Crippen molar-refractivity contribution < 1.29 is 19.8 Å². The van der Waals surface area contributed by atoms with Crippen LogP contribution in [-0.2, 0) is 4.79 Å². The maximum absolute atomic E-state index is 12.6. The second kappa shape index (κ2) is 5.36. The number of aliphatic hydroxyl groups is 1. The molecule has 0 aromatic rings. The van der Waals surface area contributed by atoms with Gasteiger partial charge in [0.1, 0.15) is 6.04 Å². The maximum Gasteiger partial charge on any atom is 0.326 e. The second-order valence-electron chi connectivity index (χ2n) is 5.71. The number of hydrogen-bond donors (Lipinski definition) is 2. The van der Waals surface area contributed by atoms with Crippen LogP contribution in [0.5, 0.6) is 0 Å². The van der Waals surface area contributed by atoms with Crippen LogP contribution >= 0.6 is 0 Å². The molecule has 0 aromatic heterocycles. The molecule has 6 nitrogen and oxygen atoms in total. The summed E-state index contributed by atoms with van der Waals surface area (Å²) in [6.07, 6.45) is 2.38. The molecule has 2 heterocycles. The molecule has 0 spiro atoms. The van der Waals surface area contributed by atoms with Crippen LogP contribution in [0.2, 0.25) is 0 Å². The summed E-state index contributed by atoms with van der Waals surface area (Å²) in [6.45, 7) is 4.11. The molecule has 0 radical (unpaired) electrons. The minimum Gasteiger partial charge on any atom is -0.480 e. The van der Waals surface area contributed by atoms with E-state index < -0.39 is 18.1 Å². The maximum atomic E-state index is 12.6. The molecule has 0 bridgehead atoms. The minimum atomic E-state index is -1.04. The van der Waals surface area contributed by atoms with Gasteiger partial charge in [0.25, 0.3) is 0 Å². The minimum absolute atomic E-state index is 0.117. The largest absolute Gasteiger partial charge is 0.480 e. The van der Waals surface area contributed by atoms with E-state index in [1.165, 1.54) is 4.90 Å². The van der Waals surface area contributed by atoms with Crippen molar-refractivity contribution in [3.63, 3.8) is 0 Å². The number of β-amino-alcohol motifs (C(OH)–C–C–N with tert-alkyl or cyclic N) is 1. The third-order valence-electron chi connectivity index (χ3n) is 4.22. The average Bonchev–Trinajstić information content (AvgIpc) is 2.71. The van der Waals surface area contributed by atoms with Crippen LogP contribution in [0, 0.1) is 0 Å². The number of rotatable bonds is 1. The standard InChI is InChI=1S/C13H22N2O4/c1-8-4-3-5-9(2)15(8)13(19)14-7-10(16)6-11(14)12(17)18/h8-11,16H,3-7H2,1-2H3,(H,17,18)/t8-,9+,10-,11-/m0/s1. The van der Waals surface area contributed by atoms with Gasteiger partial charge in [-0.2, -0.15) is 0 Å². The third-order valence-corrected chi connectivity index (χ3v) is 4.22. The predicted octanol–water partition coefficient (Wildman–Crippen LogP) is 0.889. The van der Waals surface area contributed by atoms with E-state index in [0.717, 1.165) is 19.3 Å². The van der Waals surface area contributed by atoms with Gasteiger partial charge >= 0.3 is 12.0 Å². The van der Waals surface area contributed by atoms with Crippen LogP contribution < -0.4 is 0 Å². The fourth-order valence-corrected chi connectivity index (χ4v) is 3.21. The lowest BCUT2D eigenvalue weighted by Gasteiger charge is -2.41. The number of carboxylic acids is 1. The Labute approximate surface area is 113 Å². The molecule has 2 fully saturated rings. The van der Waals surface area contributed by atoms with Crippen molar-refractivity contribution in [1.82, 2.24) is 9.80 Å². The first kappa shape index (κ1) is 14.1. The molecule has 0 aliphatic carbocycles. The molecule has 2 saturated heterocycles. The number of carbonyl (C=O) groups excluding carboxylic acids is 1. The van der Waals surface area contributed by atoms with Crippen molar-refractivity contribution >= 4 is 12.0 Å². The zero-order valence-corrected chi connectivity index (χ0v) is 11.5. The van der Waals surface area contributed by atoms with Crippen LogP contribution in [0.1, 0.15) is 39.5 Å². The van der Waals surface area contributed by atoms with E-state index in [1.807, 2.05) is 13.8 Å². The Morgan fingerprint density at radius 1 is 1.16 bits per heavy atom. The summed E-state index contributed by atoms with van der Waals surface area (Å²) in [5.41, 5.74) is 0. The average molecular weight is 270 g/mol. The SMILES string of the molecule is C[C@@H]1CCC[C@H](C)N1C(=O)N1C[C@@H](O)C[C@H]1C(=O)O. The highest BCUT2D eigenvalue weighted by molar-refractivity contribution is 5.84. The van der Waals surface area contributed by atoms with Gasteiger partial charge in [-0.1, -0.05) is 0 Å². The fourth-order valence-electron chi connectivity index (χ4n) is 3.21. The molecule has 0 saturated carbocycles. The third kappa shape index (κ3) is 2.68. The van der Waals surface area contributed by atoms with Gasteiger partial charge in [0.05, 0.1) is 6.10 Å². The van der Waals surface area contributed by atoms with Crippen molar-refractivity contribution in [2.75, 3.05) is 6.54 Å². The van der Waals surface area contributed by atoms with Gasteiger partial charge in [-0.05, 0) is 33.1 Å². The Hall–Kier alpha value is -1.30. The summed E-state index contributed by atoms with van der Waals surface area (Å²) >= 11 is 0. The second-order valence-corrected chi connectivity index (χ2v) is 5.71. The number of carboxylic acid groups (broad SMARTS) is 1. The highest BCUT2D eigenvalue weighted by atomic mass is 16.4. The molecule has 2 aliphatic heterocycles. The summed E-state index contributed by atoms with van der Waals surface area (Å²) in [4.78, 5) is 26.8. The topological polar surface area (TPSA) is 81.1 Å². The van der Waals surface area contributed by atoms with Crippen LogP contribution in [-0.4, -0.2) is 62.8 Å². The highest BCUT2D eigenvalue weighted by Gasteiger charge is 2.42. The van der Waals surface area contributed by atoms with Gasteiger partial charge in [-0.15, -0.1) is 0 Å². The van der Waals surface area contributed by atoms with Crippen molar-refractivity contribution in [3.05, 3.63) is 0 Å². The van der Waals surface area contributed by atoms with Gasteiger partial charge in [0.15, 0.2) is 0 Å². The van der Waals surface area contributed by atoms with E-state index in [1.54, 1.807) is 4.90 Å². The lowest BCUT2D eigenvalue weighted by atomic mass is 9.98. The van der Waals surface area contributed by atoms with E-state index in [2.05, 4.69) is 0 Å². The zero-order valence-electron chi connectivity index (χ0n) is 11.5. The molecule has 2 N–H and O–H groups in total. The summed E-state index contributed by atoms with van der Waals surface area (Å²) in [6, 6.07) is -0.889. The van der Waals surface area contributed by atoms with Gasteiger partial charge in [-0.25, -0.2) is 9.59 Å². The molecule has 0 unspecified atom stereocenters. The molecule has 0 aromatic carbocycles. The molecule has 2 rings (SSSR count). The smallest absolute Gasteiger partial charge is 0.326 e. The first-order chi connectivity index (χ1) is 8.91. The lowest BCUT2D eigenvalue weighted by Crippen LogP contribution is -2.55. The van der Waals surface area contributed by atoms with Gasteiger partial charge in [-0.3, -0.25) is 0 Å². The summed E-state index contributed by atoms with van der Waals surface area (Å²) in [5, 5.41) is 18.8. The zero-order chi connectivity index (χ0) is 14.2. The molecular formula is C13H22N2O4. The number of carbonyl (C=O) groups is 2. The number of piperidine rings is 1. The number of likely N-dealkylation sites (tertiary alicyclic amines) is 2. The Bertz CT molecular complexity index is 364. The first-order valence-corrected chi connectivity index (χ1v) is 6.91. The fraction of sp³-hybridized carbons (Fsp3) is 0.846. The summed E-state index contributed by atoms with van der Waals surface area (Å²) in [7, 11) is 0. The number of urea groups is 1. The Morgan fingerprint density at radius 3 is 2.26 bits per heavy atom. The monoisotopic (exact) mass is 270 g/mol. The molecular weight excluding hydrogens is 248 g/mol. The van der Waals surface area contributed by atoms with Crippen molar-refractivity contribution in [2.45, 2.75) is 63.8 Å². The van der Waals surface area contributed by atoms with E-state index in [0.29, 0.717) is 0 Å². The Kier molecular flexibility index (Phi) is 3.99. The number of amides is 2. The predicted molar refractivity (Wildman–Crippen MR) is 68.8 cm³/mol. The Balaban J connectivity index is 2.15. The highest BCUT2D eigenvalue weighted by Crippen LogP contribution is 2.27. The number of aliphatic hydroxyl groups excluding tert-OH is 1. The van der Waals surface area contributed by atoms with Crippen LogP contribution in [0.4, 0.5) is 4.79 Å². The molecule has 2 amide bonds. The van der Waals surface area contributed by atoms with E-state index in [4.69, 9.17) is 5.11 Å².